The molecule has 0 aliphatic heterocycles. The molecule has 0 aliphatic carbocycles. The third kappa shape index (κ3) is 4.52. The Hall–Kier alpha value is -0.220. The normalized spacial score (nSPS) is 15.8. The summed E-state index contributed by atoms with van der Waals surface area (Å²) in [4.78, 5) is 10.9. The van der Waals surface area contributed by atoms with Crippen molar-refractivity contribution in [3.05, 3.63) is 0 Å². The second-order valence-electron chi connectivity index (χ2n) is 3.53. The SMILES string of the molecule is CCNC(C)(CSC(C)C)C(=O)O. The largest absolute Gasteiger partial charge is 0.480 e. The predicted molar refractivity (Wildman–Crippen MR) is 57.3 cm³/mol. The molecule has 1 atom stereocenters. The predicted octanol–water partition coefficient (Wildman–Crippen LogP) is 1.58. The van der Waals surface area contributed by atoms with Crippen LogP contribution < -0.4 is 5.32 Å². The minimum Gasteiger partial charge on any atom is -0.480 e. The number of thioether (sulfide) groups is 1. The van der Waals surface area contributed by atoms with Crippen LogP contribution in [0.2, 0.25) is 0 Å². The van der Waals surface area contributed by atoms with Crippen molar-refractivity contribution in [3.8, 4) is 0 Å². The molecule has 3 nitrogen and oxygen atoms in total. The Morgan fingerprint density at radius 2 is 2.15 bits per heavy atom. The van der Waals surface area contributed by atoms with Gasteiger partial charge in [0.25, 0.3) is 0 Å². The van der Waals surface area contributed by atoms with Crippen molar-refractivity contribution in [1.29, 1.82) is 0 Å². The Kier molecular flexibility index (Phi) is 5.40. The number of carboxylic acid groups (broad SMARTS) is 1. The zero-order valence-electron chi connectivity index (χ0n) is 8.76. The third-order valence-electron chi connectivity index (χ3n) is 1.74. The van der Waals surface area contributed by atoms with Gasteiger partial charge in [0, 0.05) is 5.75 Å². The van der Waals surface area contributed by atoms with Crippen LogP contribution in [-0.2, 0) is 4.79 Å². The van der Waals surface area contributed by atoms with Gasteiger partial charge in [-0.25, -0.2) is 0 Å². The lowest BCUT2D eigenvalue weighted by atomic mass is 10.1. The maximum Gasteiger partial charge on any atom is 0.324 e. The van der Waals surface area contributed by atoms with Gasteiger partial charge in [-0.15, -0.1) is 0 Å². The average molecular weight is 205 g/mol. The Bertz CT molecular complexity index is 173. The summed E-state index contributed by atoms with van der Waals surface area (Å²) in [6.07, 6.45) is 0. The zero-order chi connectivity index (χ0) is 10.5. The van der Waals surface area contributed by atoms with Gasteiger partial charge in [-0.1, -0.05) is 20.8 Å². The fourth-order valence-corrected chi connectivity index (χ4v) is 1.80. The van der Waals surface area contributed by atoms with Gasteiger partial charge < -0.3 is 10.4 Å². The lowest BCUT2D eigenvalue weighted by Crippen LogP contribution is -2.51. The summed E-state index contributed by atoms with van der Waals surface area (Å²) in [6, 6.07) is 0. The summed E-state index contributed by atoms with van der Waals surface area (Å²) in [5, 5.41) is 12.5. The van der Waals surface area contributed by atoms with Gasteiger partial charge in [-0.3, -0.25) is 4.79 Å². The van der Waals surface area contributed by atoms with Gasteiger partial charge >= 0.3 is 5.97 Å². The van der Waals surface area contributed by atoms with Crippen LogP contribution in [0.4, 0.5) is 0 Å². The molecule has 1 unspecified atom stereocenters. The Morgan fingerprint density at radius 3 is 2.46 bits per heavy atom. The van der Waals surface area contributed by atoms with Crippen molar-refractivity contribution in [1.82, 2.24) is 5.32 Å². The molecule has 0 rings (SSSR count). The van der Waals surface area contributed by atoms with E-state index in [9.17, 15) is 4.79 Å². The third-order valence-corrected chi connectivity index (χ3v) is 3.15. The highest BCUT2D eigenvalue weighted by molar-refractivity contribution is 7.99. The van der Waals surface area contributed by atoms with Crippen molar-refractivity contribution in [2.45, 2.75) is 38.5 Å². The number of nitrogens with one attached hydrogen (secondary N) is 1. The Morgan fingerprint density at radius 1 is 1.62 bits per heavy atom. The molecular weight excluding hydrogens is 186 g/mol. The van der Waals surface area contributed by atoms with E-state index in [1.165, 1.54) is 0 Å². The zero-order valence-corrected chi connectivity index (χ0v) is 9.57. The molecule has 0 aromatic rings. The van der Waals surface area contributed by atoms with Crippen LogP contribution in [0.3, 0.4) is 0 Å². The molecule has 0 aromatic carbocycles. The van der Waals surface area contributed by atoms with Crippen LogP contribution in [0.25, 0.3) is 0 Å². The second kappa shape index (κ2) is 5.50. The fraction of sp³-hybridized carbons (Fsp3) is 0.889. The van der Waals surface area contributed by atoms with Gasteiger partial charge in [-0.2, -0.15) is 11.8 Å². The molecule has 0 aromatic heterocycles. The lowest BCUT2D eigenvalue weighted by molar-refractivity contribution is -0.143. The van der Waals surface area contributed by atoms with Crippen molar-refractivity contribution in [3.63, 3.8) is 0 Å². The maximum absolute atomic E-state index is 10.9. The molecule has 13 heavy (non-hydrogen) atoms. The van der Waals surface area contributed by atoms with Gasteiger partial charge in [0.1, 0.15) is 5.54 Å². The van der Waals surface area contributed by atoms with Gasteiger partial charge in [0.15, 0.2) is 0 Å². The van der Waals surface area contributed by atoms with E-state index < -0.39 is 11.5 Å². The first-order valence-electron chi connectivity index (χ1n) is 4.52. The van der Waals surface area contributed by atoms with E-state index in [0.29, 0.717) is 17.5 Å². The number of carboxylic acids is 1. The van der Waals surface area contributed by atoms with Crippen LogP contribution in [-0.4, -0.2) is 34.2 Å². The van der Waals surface area contributed by atoms with Gasteiger partial charge in [0.2, 0.25) is 0 Å². The monoisotopic (exact) mass is 205 g/mol. The van der Waals surface area contributed by atoms with E-state index in [-0.39, 0.29) is 0 Å². The van der Waals surface area contributed by atoms with Crippen LogP contribution in [0.1, 0.15) is 27.7 Å². The molecule has 0 heterocycles. The maximum atomic E-state index is 10.9. The van der Waals surface area contributed by atoms with E-state index in [2.05, 4.69) is 19.2 Å². The smallest absolute Gasteiger partial charge is 0.324 e. The number of hydrogen-bond donors (Lipinski definition) is 2. The van der Waals surface area contributed by atoms with Crippen LogP contribution in [0.5, 0.6) is 0 Å². The molecule has 0 radical (unpaired) electrons. The summed E-state index contributed by atoms with van der Waals surface area (Å²) >= 11 is 1.66. The van der Waals surface area contributed by atoms with E-state index in [0.717, 1.165) is 0 Å². The molecule has 78 valence electrons. The molecule has 0 saturated heterocycles. The summed E-state index contributed by atoms with van der Waals surface area (Å²) in [5.74, 6) is -0.170. The standard InChI is InChI=1S/C9H19NO2S/c1-5-10-9(4,8(11)12)6-13-7(2)3/h7,10H,5-6H2,1-4H3,(H,11,12). The number of rotatable bonds is 6. The number of hydrogen-bond acceptors (Lipinski definition) is 3. The molecule has 0 fully saturated rings. The highest BCUT2D eigenvalue weighted by Gasteiger charge is 2.31. The van der Waals surface area contributed by atoms with Crippen molar-refractivity contribution in [2.24, 2.45) is 0 Å². The van der Waals surface area contributed by atoms with Gasteiger partial charge in [-0.05, 0) is 18.7 Å². The van der Waals surface area contributed by atoms with E-state index in [1.807, 2.05) is 6.92 Å². The number of carbonyl (C=O) groups is 1. The number of likely N-dealkylation sites (N-methyl/N-ethyl adjacent to an activating group) is 1. The van der Waals surface area contributed by atoms with Crippen molar-refractivity contribution in [2.75, 3.05) is 12.3 Å². The minimum absolute atomic E-state index is 0.470. The molecule has 0 saturated carbocycles. The van der Waals surface area contributed by atoms with Crippen LogP contribution in [0, 0.1) is 0 Å². The number of aliphatic carboxylic acids is 1. The molecule has 0 amide bonds. The molecule has 0 spiro atoms. The first-order valence-corrected chi connectivity index (χ1v) is 5.57. The first kappa shape index (κ1) is 12.8. The highest BCUT2D eigenvalue weighted by Crippen LogP contribution is 2.17. The fourth-order valence-electron chi connectivity index (χ4n) is 0.912. The van der Waals surface area contributed by atoms with E-state index >= 15 is 0 Å². The molecule has 4 heteroatoms. The highest BCUT2D eigenvalue weighted by atomic mass is 32.2. The second-order valence-corrected chi connectivity index (χ2v) is 5.09. The topological polar surface area (TPSA) is 49.3 Å². The summed E-state index contributed by atoms with van der Waals surface area (Å²) in [6.45, 7) is 8.47. The lowest BCUT2D eigenvalue weighted by Gasteiger charge is -2.26. The van der Waals surface area contributed by atoms with Crippen LogP contribution >= 0.6 is 11.8 Å². The molecule has 2 N–H and O–H groups in total. The molecule has 0 aliphatic rings. The van der Waals surface area contributed by atoms with Crippen molar-refractivity contribution < 1.29 is 9.90 Å². The van der Waals surface area contributed by atoms with Gasteiger partial charge in [0.05, 0.1) is 0 Å². The summed E-state index contributed by atoms with van der Waals surface area (Å²) < 4.78 is 0. The van der Waals surface area contributed by atoms with Crippen LogP contribution in [0.15, 0.2) is 0 Å². The summed E-state index contributed by atoms with van der Waals surface area (Å²) in [7, 11) is 0. The quantitative estimate of drug-likeness (QED) is 0.691. The first-order chi connectivity index (χ1) is 5.92. The minimum atomic E-state index is -0.788. The Labute approximate surface area is 84.3 Å². The molecule has 0 bridgehead atoms. The average Bonchev–Trinajstić information content (AvgIpc) is 2.01. The molecular formula is C9H19NO2S. The van der Waals surface area contributed by atoms with E-state index in [1.54, 1.807) is 18.7 Å². The van der Waals surface area contributed by atoms with Crippen molar-refractivity contribution >= 4 is 17.7 Å². The van der Waals surface area contributed by atoms with E-state index in [4.69, 9.17) is 5.11 Å². The Balaban J connectivity index is 4.16. The summed E-state index contributed by atoms with van der Waals surface area (Å²) in [5.41, 5.74) is -0.788.